The summed E-state index contributed by atoms with van der Waals surface area (Å²) in [7, 11) is 0. The number of thiol groups is 1. The van der Waals surface area contributed by atoms with Gasteiger partial charge in [-0.2, -0.15) is 12.6 Å². The van der Waals surface area contributed by atoms with Crippen molar-refractivity contribution in [1.82, 2.24) is 9.55 Å². The highest BCUT2D eigenvalue weighted by Crippen LogP contribution is 2.37. The van der Waals surface area contributed by atoms with Gasteiger partial charge in [-0.1, -0.05) is 44.2 Å². The van der Waals surface area contributed by atoms with Crippen molar-refractivity contribution >= 4 is 12.6 Å². The van der Waals surface area contributed by atoms with E-state index in [1.165, 1.54) is 17.1 Å². The molecule has 1 aliphatic rings. The molecule has 2 nitrogen and oxygen atoms in total. The maximum atomic E-state index is 4.68. The van der Waals surface area contributed by atoms with Crippen LogP contribution in [0.25, 0.3) is 0 Å². The fourth-order valence-electron chi connectivity index (χ4n) is 3.54. The van der Waals surface area contributed by atoms with Gasteiger partial charge in [0, 0.05) is 18.3 Å². The van der Waals surface area contributed by atoms with Crippen LogP contribution in [-0.4, -0.2) is 15.3 Å². The minimum Gasteiger partial charge on any atom is -0.324 e. The third kappa shape index (κ3) is 2.89. The van der Waals surface area contributed by atoms with E-state index in [0.717, 1.165) is 25.0 Å². The smallest absolute Gasteiger partial charge is 0.109 e. The molecule has 2 heterocycles. The van der Waals surface area contributed by atoms with Crippen LogP contribution in [0.3, 0.4) is 0 Å². The number of fused-ring (bicyclic) bond motifs is 1. The molecule has 112 valence electrons. The average molecular weight is 300 g/mol. The Morgan fingerprint density at radius 1 is 1.33 bits per heavy atom. The lowest BCUT2D eigenvalue weighted by Gasteiger charge is -2.22. The van der Waals surface area contributed by atoms with Crippen LogP contribution >= 0.6 is 12.6 Å². The summed E-state index contributed by atoms with van der Waals surface area (Å²) in [5.74, 6) is 3.50. The van der Waals surface area contributed by atoms with Gasteiger partial charge in [0.15, 0.2) is 0 Å². The maximum absolute atomic E-state index is 4.68. The van der Waals surface area contributed by atoms with Gasteiger partial charge >= 0.3 is 0 Å². The number of aromatic nitrogens is 2. The van der Waals surface area contributed by atoms with Crippen LogP contribution in [0.5, 0.6) is 0 Å². The van der Waals surface area contributed by atoms with Gasteiger partial charge in [0.05, 0.1) is 6.04 Å². The second kappa shape index (κ2) is 6.27. The zero-order valence-corrected chi connectivity index (χ0v) is 13.8. The lowest BCUT2D eigenvalue weighted by Crippen LogP contribution is -2.16. The SMILES string of the molecule is CC(CCS)Cc1cnc2n1C(c1ccccc1)C(C)C2. The van der Waals surface area contributed by atoms with Gasteiger partial charge in [0.1, 0.15) is 5.82 Å². The highest BCUT2D eigenvalue weighted by atomic mass is 32.1. The van der Waals surface area contributed by atoms with Crippen molar-refractivity contribution in [3.63, 3.8) is 0 Å². The molecule has 0 N–H and O–H groups in total. The predicted molar refractivity (Wildman–Crippen MR) is 91.0 cm³/mol. The molecule has 0 saturated carbocycles. The molecular weight excluding hydrogens is 276 g/mol. The molecule has 0 saturated heterocycles. The Balaban J connectivity index is 1.92. The Labute approximate surface area is 133 Å². The van der Waals surface area contributed by atoms with Gasteiger partial charge in [-0.25, -0.2) is 4.98 Å². The summed E-state index contributed by atoms with van der Waals surface area (Å²) in [6, 6.07) is 11.3. The first-order chi connectivity index (χ1) is 10.2. The second-order valence-corrected chi connectivity index (χ2v) is 6.84. The summed E-state index contributed by atoms with van der Waals surface area (Å²) in [6.45, 7) is 4.65. The highest BCUT2D eigenvalue weighted by Gasteiger charge is 2.33. The lowest BCUT2D eigenvalue weighted by molar-refractivity contribution is 0.452. The standard InChI is InChI=1S/C18H24N2S/c1-13(8-9-21)10-16-12-19-17-11-14(2)18(20(16)17)15-6-4-3-5-7-15/h3-7,12-14,18,21H,8-11H2,1-2H3. The number of benzene rings is 1. The van der Waals surface area contributed by atoms with Crippen molar-refractivity contribution in [2.45, 2.75) is 39.2 Å². The van der Waals surface area contributed by atoms with Crippen LogP contribution in [0.1, 0.15) is 43.4 Å². The molecule has 0 amide bonds. The fourth-order valence-corrected chi connectivity index (χ4v) is 3.98. The van der Waals surface area contributed by atoms with Crippen LogP contribution in [0, 0.1) is 11.8 Å². The summed E-state index contributed by atoms with van der Waals surface area (Å²) >= 11 is 4.36. The van der Waals surface area contributed by atoms with Crippen LogP contribution in [-0.2, 0) is 12.8 Å². The first-order valence-electron chi connectivity index (χ1n) is 7.91. The number of hydrogen-bond acceptors (Lipinski definition) is 2. The highest BCUT2D eigenvalue weighted by molar-refractivity contribution is 7.80. The number of nitrogens with zero attached hydrogens (tertiary/aromatic N) is 2. The van der Waals surface area contributed by atoms with E-state index in [9.17, 15) is 0 Å². The van der Waals surface area contributed by atoms with Gasteiger partial charge < -0.3 is 4.57 Å². The molecule has 1 aromatic heterocycles. The topological polar surface area (TPSA) is 17.8 Å². The molecule has 0 aliphatic carbocycles. The Bertz CT molecular complexity index is 591. The Hall–Kier alpha value is -1.22. The van der Waals surface area contributed by atoms with Crippen LogP contribution in [0.4, 0.5) is 0 Å². The Morgan fingerprint density at radius 2 is 2.10 bits per heavy atom. The summed E-state index contributed by atoms with van der Waals surface area (Å²) in [6.07, 6.45) is 5.44. The Kier molecular flexibility index (Phi) is 4.39. The van der Waals surface area contributed by atoms with Crippen molar-refractivity contribution in [3.05, 3.63) is 53.6 Å². The third-order valence-electron chi connectivity index (χ3n) is 4.59. The quantitative estimate of drug-likeness (QED) is 0.821. The summed E-state index contributed by atoms with van der Waals surface area (Å²) in [5, 5.41) is 0. The van der Waals surface area contributed by atoms with Crippen molar-refractivity contribution in [2.24, 2.45) is 11.8 Å². The molecule has 0 bridgehead atoms. The van der Waals surface area contributed by atoms with Gasteiger partial charge in [-0.3, -0.25) is 0 Å². The molecule has 1 aromatic carbocycles. The fraction of sp³-hybridized carbons (Fsp3) is 0.500. The van der Waals surface area contributed by atoms with E-state index in [0.29, 0.717) is 17.9 Å². The predicted octanol–water partition coefficient (Wildman–Crippen LogP) is 4.16. The van der Waals surface area contributed by atoms with E-state index in [1.54, 1.807) is 0 Å². The monoisotopic (exact) mass is 300 g/mol. The van der Waals surface area contributed by atoms with Crippen LogP contribution in [0.2, 0.25) is 0 Å². The molecule has 0 radical (unpaired) electrons. The summed E-state index contributed by atoms with van der Waals surface area (Å²) < 4.78 is 2.50. The number of imidazole rings is 1. The summed E-state index contributed by atoms with van der Waals surface area (Å²) in [5.41, 5.74) is 2.79. The third-order valence-corrected chi connectivity index (χ3v) is 4.85. The Morgan fingerprint density at radius 3 is 2.81 bits per heavy atom. The number of hydrogen-bond donors (Lipinski definition) is 1. The molecule has 3 rings (SSSR count). The van der Waals surface area contributed by atoms with E-state index in [2.05, 4.69) is 72.6 Å². The van der Waals surface area contributed by atoms with E-state index >= 15 is 0 Å². The molecular formula is C18H24N2S. The molecule has 0 fully saturated rings. The molecule has 3 unspecified atom stereocenters. The van der Waals surface area contributed by atoms with E-state index in [1.807, 2.05) is 0 Å². The summed E-state index contributed by atoms with van der Waals surface area (Å²) in [4.78, 5) is 4.68. The number of rotatable bonds is 5. The first kappa shape index (κ1) is 14.7. The van der Waals surface area contributed by atoms with Gasteiger partial charge in [-0.05, 0) is 36.0 Å². The normalized spacial score (nSPS) is 22.2. The van der Waals surface area contributed by atoms with Crippen molar-refractivity contribution in [1.29, 1.82) is 0 Å². The van der Waals surface area contributed by atoms with Crippen LogP contribution in [0.15, 0.2) is 36.5 Å². The zero-order valence-electron chi connectivity index (χ0n) is 12.9. The van der Waals surface area contributed by atoms with E-state index in [-0.39, 0.29) is 0 Å². The van der Waals surface area contributed by atoms with Crippen molar-refractivity contribution in [3.8, 4) is 0 Å². The van der Waals surface area contributed by atoms with E-state index < -0.39 is 0 Å². The lowest BCUT2D eigenvalue weighted by atomic mass is 9.94. The van der Waals surface area contributed by atoms with Crippen molar-refractivity contribution in [2.75, 3.05) is 5.75 Å². The van der Waals surface area contributed by atoms with Crippen LogP contribution < -0.4 is 0 Å². The first-order valence-corrected chi connectivity index (χ1v) is 8.54. The zero-order chi connectivity index (χ0) is 14.8. The molecule has 3 heteroatoms. The van der Waals surface area contributed by atoms with Gasteiger partial charge in [0.2, 0.25) is 0 Å². The second-order valence-electron chi connectivity index (χ2n) is 6.39. The minimum atomic E-state index is 0.446. The average Bonchev–Trinajstić information content (AvgIpc) is 2.99. The largest absolute Gasteiger partial charge is 0.324 e. The van der Waals surface area contributed by atoms with E-state index in [4.69, 9.17) is 0 Å². The molecule has 1 aliphatic heterocycles. The minimum absolute atomic E-state index is 0.446. The maximum Gasteiger partial charge on any atom is 0.109 e. The molecule has 2 aromatic rings. The molecule has 3 atom stereocenters. The van der Waals surface area contributed by atoms with Gasteiger partial charge in [0.25, 0.3) is 0 Å². The molecule has 21 heavy (non-hydrogen) atoms. The van der Waals surface area contributed by atoms with Crippen molar-refractivity contribution < 1.29 is 0 Å². The van der Waals surface area contributed by atoms with Gasteiger partial charge in [-0.15, -0.1) is 0 Å². The molecule has 0 spiro atoms.